The summed E-state index contributed by atoms with van der Waals surface area (Å²) < 4.78 is 16.0. The molecule has 0 amide bonds. The van der Waals surface area contributed by atoms with Crippen molar-refractivity contribution in [3.05, 3.63) is 59.7 Å². The maximum Gasteiger partial charge on any atom is 0.313 e. The number of carbonyl (C=O) groups is 1. The molecule has 2 heterocycles. The lowest BCUT2D eigenvalue weighted by molar-refractivity contribution is -0.139. The number of carbonyl (C=O) groups excluding carboxylic acids is 1. The average Bonchev–Trinajstić information content (AvgIpc) is 3.24. The van der Waals surface area contributed by atoms with Crippen LogP contribution >= 0.6 is 0 Å². The maximum atomic E-state index is 12.2. The van der Waals surface area contributed by atoms with Gasteiger partial charge in [0.05, 0.1) is 19.1 Å². The summed E-state index contributed by atoms with van der Waals surface area (Å²) in [6.07, 6.45) is -4.28. The summed E-state index contributed by atoms with van der Waals surface area (Å²) in [6, 6.07) is 14.3. The van der Waals surface area contributed by atoms with Crippen LogP contribution < -0.4 is 4.74 Å². The normalized spacial score (nSPS) is 31.0. The molecular weight excluding hydrogens is 392 g/mol. The number of phenols is 1. The third kappa shape index (κ3) is 3.99. The summed E-state index contributed by atoms with van der Waals surface area (Å²) in [7, 11) is 0. The molecule has 2 aromatic carbocycles. The van der Waals surface area contributed by atoms with Gasteiger partial charge in [-0.2, -0.15) is 0 Å². The molecule has 2 aliphatic heterocycles. The van der Waals surface area contributed by atoms with E-state index in [2.05, 4.69) is 0 Å². The molecule has 0 aromatic heterocycles. The highest BCUT2D eigenvalue weighted by molar-refractivity contribution is 5.80. The fraction of sp³-hybridized carbons (Fsp3) is 0.409. The molecule has 2 aromatic rings. The number of aromatic hydroxyl groups is 1. The first kappa shape index (κ1) is 20.6. The van der Waals surface area contributed by atoms with Crippen molar-refractivity contribution in [3.8, 4) is 11.5 Å². The summed E-state index contributed by atoms with van der Waals surface area (Å²) in [5.74, 6) is -0.756. The Balaban J connectivity index is 1.45. The molecule has 2 saturated heterocycles. The molecule has 0 spiro atoms. The van der Waals surface area contributed by atoms with Gasteiger partial charge in [0.25, 0.3) is 0 Å². The molecule has 160 valence electrons. The number of esters is 1. The molecule has 2 fully saturated rings. The van der Waals surface area contributed by atoms with Crippen LogP contribution in [-0.4, -0.2) is 64.2 Å². The molecular formula is C22H24O8. The van der Waals surface area contributed by atoms with Gasteiger partial charge in [-0.05, 0) is 29.7 Å². The third-order valence-corrected chi connectivity index (χ3v) is 5.59. The van der Waals surface area contributed by atoms with Crippen molar-refractivity contribution in [2.45, 2.75) is 36.9 Å². The second kappa shape index (κ2) is 8.61. The highest BCUT2D eigenvalue weighted by atomic mass is 16.7. The number of hydrogen-bond donors (Lipinski definition) is 4. The van der Waals surface area contributed by atoms with E-state index in [1.165, 1.54) is 12.1 Å². The van der Waals surface area contributed by atoms with Crippen LogP contribution in [0, 0.1) is 5.92 Å². The molecule has 0 bridgehead atoms. The first-order valence-electron chi connectivity index (χ1n) is 9.80. The molecule has 4 N–H and O–H groups in total. The number of cyclic esters (lactones) is 1. The van der Waals surface area contributed by atoms with Crippen LogP contribution in [0.5, 0.6) is 11.5 Å². The first-order valence-corrected chi connectivity index (χ1v) is 9.80. The third-order valence-electron chi connectivity index (χ3n) is 5.59. The predicted octanol–water partition coefficient (Wildman–Crippen LogP) is 0.709. The van der Waals surface area contributed by atoms with Gasteiger partial charge in [-0.1, -0.05) is 36.4 Å². The smallest absolute Gasteiger partial charge is 0.313 e. The molecule has 6 atom stereocenters. The SMILES string of the molecule is O=C1OC[C@@H](Cc2ccc(O[C@H]3O[C@H](CO)[C@@H](O)[C@H]3O)c(O)c2)[C@@H]1c1ccccc1. The quantitative estimate of drug-likeness (QED) is 0.508. The Labute approximate surface area is 173 Å². The molecule has 0 saturated carbocycles. The predicted molar refractivity (Wildman–Crippen MR) is 104 cm³/mol. The number of hydrogen-bond acceptors (Lipinski definition) is 8. The van der Waals surface area contributed by atoms with E-state index >= 15 is 0 Å². The fourth-order valence-corrected chi connectivity index (χ4v) is 3.99. The van der Waals surface area contributed by atoms with Crippen LogP contribution in [0.4, 0.5) is 0 Å². The second-order valence-corrected chi connectivity index (χ2v) is 7.61. The Kier molecular flexibility index (Phi) is 5.92. The molecule has 0 aliphatic carbocycles. The van der Waals surface area contributed by atoms with Crippen LogP contribution in [0.1, 0.15) is 17.0 Å². The van der Waals surface area contributed by atoms with Gasteiger partial charge in [0, 0.05) is 5.92 Å². The molecule has 30 heavy (non-hydrogen) atoms. The number of benzene rings is 2. The van der Waals surface area contributed by atoms with E-state index in [0.717, 1.165) is 11.1 Å². The number of aliphatic hydroxyl groups excluding tert-OH is 3. The minimum Gasteiger partial charge on any atom is -0.504 e. The summed E-state index contributed by atoms with van der Waals surface area (Å²) in [4.78, 5) is 12.2. The lowest BCUT2D eigenvalue weighted by Gasteiger charge is -2.19. The number of phenolic OH excluding ortho intramolecular Hbond substituents is 1. The van der Waals surface area contributed by atoms with Crippen LogP contribution in [0.15, 0.2) is 48.5 Å². The fourth-order valence-electron chi connectivity index (χ4n) is 3.99. The number of aliphatic hydroxyl groups is 3. The van der Waals surface area contributed by atoms with E-state index in [1.54, 1.807) is 6.07 Å². The zero-order chi connectivity index (χ0) is 21.3. The Morgan fingerprint density at radius 2 is 1.83 bits per heavy atom. The van der Waals surface area contributed by atoms with Crippen molar-refractivity contribution in [2.75, 3.05) is 13.2 Å². The number of ether oxygens (including phenoxy) is 3. The zero-order valence-electron chi connectivity index (χ0n) is 16.1. The van der Waals surface area contributed by atoms with E-state index in [0.29, 0.717) is 13.0 Å². The van der Waals surface area contributed by atoms with Gasteiger partial charge in [-0.25, -0.2) is 0 Å². The molecule has 4 rings (SSSR count). The van der Waals surface area contributed by atoms with E-state index in [-0.39, 0.29) is 29.3 Å². The minimum atomic E-state index is -1.35. The Morgan fingerprint density at radius 1 is 1.07 bits per heavy atom. The average molecular weight is 416 g/mol. The molecule has 2 aliphatic rings. The molecule has 8 heteroatoms. The second-order valence-electron chi connectivity index (χ2n) is 7.61. The van der Waals surface area contributed by atoms with Gasteiger partial charge in [0.1, 0.15) is 18.3 Å². The van der Waals surface area contributed by atoms with Crippen LogP contribution in [0.3, 0.4) is 0 Å². The maximum absolute atomic E-state index is 12.2. The lowest BCUT2D eigenvalue weighted by atomic mass is 9.84. The van der Waals surface area contributed by atoms with Crippen molar-refractivity contribution in [1.82, 2.24) is 0 Å². The Hall–Kier alpha value is -2.65. The summed E-state index contributed by atoms with van der Waals surface area (Å²) in [6.45, 7) is -0.159. The van der Waals surface area contributed by atoms with E-state index in [9.17, 15) is 20.1 Å². The summed E-state index contributed by atoms with van der Waals surface area (Å²) in [5.41, 5.74) is 1.70. The highest BCUT2D eigenvalue weighted by Gasteiger charge is 2.44. The Bertz CT molecular complexity index is 886. The van der Waals surface area contributed by atoms with Crippen molar-refractivity contribution >= 4 is 5.97 Å². The summed E-state index contributed by atoms with van der Waals surface area (Å²) in [5, 5.41) is 39.3. The van der Waals surface area contributed by atoms with Gasteiger partial charge < -0.3 is 34.6 Å². The van der Waals surface area contributed by atoms with Gasteiger partial charge in [0.15, 0.2) is 11.5 Å². The van der Waals surface area contributed by atoms with Crippen molar-refractivity contribution in [3.63, 3.8) is 0 Å². The standard InChI is InChI=1S/C22H24O8/c23-10-17-19(25)20(26)22(30-17)29-16-7-6-12(9-15(16)24)8-14-11-28-21(27)18(14)13-4-2-1-3-5-13/h1-7,9,14,17-20,22-26H,8,10-11H2/t14-,17-,18+,19-,20-,22+/m1/s1. The molecule has 8 nitrogen and oxygen atoms in total. The molecule has 0 radical (unpaired) electrons. The molecule has 0 unspecified atom stereocenters. The minimum absolute atomic E-state index is 0.0634. The van der Waals surface area contributed by atoms with Crippen LogP contribution in [0.2, 0.25) is 0 Å². The van der Waals surface area contributed by atoms with Crippen LogP contribution in [0.25, 0.3) is 0 Å². The van der Waals surface area contributed by atoms with E-state index in [4.69, 9.17) is 19.3 Å². The van der Waals surface area contributed by atoms with Crippen molar-refractivity contribution in [1.29, 1.82) is 0 Å². The highest BCUT2D eigenvalue weighted by Crippen LogP contribution is 2.37. The topological polar surface area (TPSA) is 126 Å². The van der Waals surface area contributed by atoms with Crippen LogP contribution in [-0.2, 0) is 20.7 Å². The van der Waals surface area contributed by atoms with E-state index in [1.807, 2.05) is 30.3 Å². The van der Waals surface area contributed by atoms with Crippen molar-refractivity contribution < 1.29 is 39.4 Å². The Morgan fingerprint density at radius 3 is 2.50 bits per heavy atom. The van der Waals surface area contributed by atoms with Gasteiger partial charge in [-0.3, -0.25) is 4.79 Å². The lowest BCUT2D eigenvalue weighted by Crippen LogP contribution is -2.35. The van der Waals surface area contributed by atoms with Gasteiger partial charge >= 0.3 is 5.97 Å². The largest absolute Gasteiger partial charge is 0.504 e. The van der Waals surface area contributed by atoms with Crippen molar-refractivity contribution in [2.24, 2.45) is 5.92 Å². The zero-order valence-corrected chi connectivity index (χ0v) is 16.1. The van der Waals surface area contributed by atoms with Gasteiger partial charge in [-0.15, -0.1) is 0 Å². The summed E-state index contributed by atoms with van der Waals surface area (Å²) >= 11 is 0. The first-order chi connectivity index (χ1) is 14.5. The number of rotatable bonds is 6. The van der Waals surface area contributed by atoms with E-state index < -0.39 is 31.2 Å². The monoisotopic (exact) mass is 416 g/mol. The van der Waals surface area contributed by atoms with Gasteiger partial charge in [0.2, 0.25) is 6.29 Å².